The molecule has 1 aliphatic heterocycles. The lowest BCUT2D eigenvalue weighted by Crippen LogP contribution is -2.52. The van der Waals surface area contributed by atoms with E-state index in [1.807, 2.05) is 25.2 Å². The minimum absolute atomic E-state index is 0.126. The Hall–Kier alpha value is -0.280. The van der Waals surface area contributed by atoms with Crippen LogP contribution < -0.4 is 5.32 Å². The van der Waals surface area contributed by atoms with Gasteiger partial charge < -0.3 is 10.1 Å². The summed E-state index contributed by atoms with van der Waals surface area (Å²) in [6.45, 7) is 3.03. The quantitative estimate of drug-likeness (QED) is 0.904. The molecule has 19 heavy (non-hydrogen) atoms. The van der Waals surface area contributed by atoms with Gasteiger partial charge in [-0.3, -0.25) is 0 Å². The van der Waals surface area contributed by atoms with Crippen molar-refractivity contribution in [2.24, 2.45) is 0 Å². The molecule has 4 heteroatoms. The van der Waals surface area contributed by atoms with Gasteiger partial charge in [-0.15, -0.1) is 0 Å². The number of nitrogens with one attached hydrogen (secondary N) is 1. The van der Waals surface area contributed by atoms with E-state index < -0.39 is 0 Å². The molecule has 1 fully saturated rings. The van der Waals surface area contributed by atoms with Gasteiger partial charge in [-0.25, -0.2) is 0 Å². The van der Waals surface area contributed by atoms with Crippen molar-refractivity contribution in [2.75, 3.05) is 13.7 Å². The zero-order chi connectivity index (χ0) is 13.9. The number of rotatable bonds is 4. The number of hydrogen-bond donors (Lipinski definition) is 1. The Morgan fingerprint density at radius 2 is 2.16 bits per heavy atom. The molecule has 0 radical (unpaired) electrons. The van der Waals surface area contributed by atoms with Crippen LogP contribution in [-0.2, 0) is 11.2 Å². The van der Waals surface area contributed by atoms with E-state index in [0.717, 1.165) is 41.5 Å². The molecular weight excluding hydrogens is 281 g/mol. The maximum atomic E-state index is 6.25. The van der Waals surface area contributed by atoms with Crippen LogP contribution in [0.5, 0.6) is 0 Å². The maximum Gasteiger partial charge on any atom is 0.0809 e. The van der Waals surface area contributed by atoms with Crippen molar-refractivity contribution in [3.05, 3.63) is 33.8 Å². The Bertz CT molecular complexity index is 430. The molecule has 1 aromatic rings. The van der Waals surface area contributed by atoms with E-state index >= 15 is 0 Å². The maximum absolute atomic E-state index is 6.25. The van der Waals surface area contributed by atoms with E-state index in [4.69, 9.17) is 27.9 Å². The predicted molar refractivity (Wildman–Crippen MR) is 81.2 cm³/mol. The molecule has 2 unspecified atom stereocenters. The van der Waals surface area contributed by atoms with E-state index in [9.17, 15) is 0 Å². The average molecular weight is 302 g/mol. The van der Waals surface area contributed by atoms with Gasteiger partial charge in [0.25, 0.3) is 0 Å². The van der Waals surface area contributed by atoms with Crippen molar-refractivity contribution >= 4 is 23.2 Å². The van der Waals surface area contributed by atoms with Gasteiger partial charge in [0, 0.05) is 22.7 Å². The molecule has 0 aromatic heterocycles. The van der Waals surface area contributed by atoms with Gasteiger partial charge in [-0.2, -0.15) is 0 Å². The van der Waals surface area contributed by atoms with Gasteiger partial charge in [0.05, 0.1) is 5.60 Å². The molecule has 0 spiro atoms. The first-order valence-electron chi connectivity index (χ1n) is 6.80. The van der Waals surface area contributed by atoms with Crippen LogP contribution in [0.3, 0.4) is 0 Å². The third-order valence-corrected chi connectivity index (χ3v) is 4.62. The number of ether oxygens (including phenoxy) is 1. The van der Waals surface area contributed by atoms with Crippen LogP contribution in [0, 0.1) is 0 Å². The summed E-state index contributed by atoms with van der Waals surface area (Å²) >= 11 is 12.3. The Morgan fingerprint density at radius 1 is 1.37 bits per heavy atom. The minimum atomic E-state index is -0.126. The van der Waals surface area contributed by atoms with Crippen molar-refractivity contribution < 1.29 is 4.74 Å². The van der Waals surface area contributed by atoms with Crippen molar-refractivity contribution in [2.45, 2.75) is 44.2 Å². The molecule has 1 N–H and O–H groups in total. The predicted octanol–water partition coefficient (Wildman–Crippen LogP) is 4.08. The molecule has 2 nitrogen and oxygen atoms in total. The second-order valence-electron chi connectivity index (χ2n) is 5.40. The fraction of sp³-hybridized carbons (Fsp3) is 0.600. The summed E-state index contributed by atoms with van der Waals surface area (Å²) in [7, 11) is 1.98. The first kappa shape index (κ1) is 15.1. The number of hydrogen-bond acceptors (Lipinski definition) is 2. The van der Waals surface area contributed by atoms with Crippen LogP contribution in [0.1, 0.15) is 31.7 Å². The van der Waals surface area contributed by atoms with Crippen molar-refractivity contribution in [3.8, 4) is 0 Å². The molecular formula is C15H21Cl2NO. The van der Waals surface area contributed by atoms with Crippen molar-refractivity contribution in [3.63, 3.8) is 0 Å². The Balaban J connectivity index is 2.16. The lowest BCUT2D eigenvalue weighted by Gasteiger charge is -2.40. The first-order chi connectivity index (χ1) is 9.05. The lowest BCUT2D eigenvalue weighted by atomic mass is 9.85. The Kier molecular flexibility index (Phi) is 5.13. The van der Waals surface area contributed by atoms with E-state index in [2.05, 4.69) is 12.2 Å². The highest BCUT2D eigenvalue weighted by atomic mass is 35.5. The van der Waals surface area contributed by atoms with Crippen molar-refractivity contribution in [1.29, 1.82) is 0 Å². The highest BCUT2D eigenvalue weighted by Crippen LogP contribution is 2.31. The molecule has 1 saturated heterocycles. The zero-order valence-corrected chi connectivity index (χ0v) is 13.0. The second-order valence-corrected chi connectivity index (χ2v) is 6.24. The average Bonchev–Trinajstić information content (AvgIpc) is 2.40. The molecule has 0 aliphatic carbocycles. The summed E-state index contributed by atoms with van der Waals surface area (Å²) in [5.41, 5.74) is 0.947. The third-order valence-electron chi connectivity index (χ3n) is 4.02. The standard InChI is InChI=1S/C15H21Cl2NO/c1-15(7-3-4-8-19-15)14(18-2)10-11-9-12(16)5-6-13(11)17/h5-6,9,14,18H,3-4,7-8,10H2,1-2H3. The summed E-state index contributed by atoms with van der Waals surface area (Å²) in [6.07, 6.45) is 4.28. The van der Waals surface area contributed by atoms with Crippen LogP contribution in [0.4, 0.5) is 0 Å². The summed E-state index contributed by atoms with van der Waals surface area (Å²) in [5.74, 6) is 0. The highest BCUT2D eigenvalue weighted by Gasteiger charge is 2.36. The molecule has 0 amide bonds. The third kappa shape index (κ3) is 3.63. The van der Waals surface area contributed by atoms with Gasteiger partial charge in [0.2, 0.25) is 0 Å². The number of halogens is 2. The highest BCUT2D eigenvalue weighted by molar-refractivity contribution is 6.33. The summed E-state index contributed by atoms with van der Waals surface area (Å²) in [6, 6.07) is 5.86. The van der Waals surface area contributed by atoms with Crippen LogP contribution >= 0.6 is 23.2 Å². The van der Waals surface area contributed by atoms with Gasteiger partial charge in [-0.1, -0.05) is 23.2 Å². The molecule has 2 atom stereocenters. The molecule has 1 aliphatic rings. The molecule has 106 valence electrons. The molecule has 1 heterocycles. The fourth-order valence-corrected chi connectivity index (χ4v) is 3.16. The monoisotopic (exact) mass is 301 g/mol. The smallest absolute Gasteiger partial charge is 0.0809 e. The topological polar surface area (TPSA) is 21.3 Å². The molecule has 1 aromatic carbocycles. The van der Waals surface area contributed by atoms with E-state index in [-0.39, 0.29) is 11.6 Å². The number of likely N-dealkylation sites (N-methyl/N-ethyl adjacent to an activating group) is 1. The summed E-state index contributed by atoms with van der Waals surface area (Å²) < 4.78 is 6.02. The normalized spacial score (nSPS) is 25.3. The van der Waals surface area contributed by atoms with Gasteiger partial charge in [0.1, 0.15) is 0 Å². The Labute approximate surface area is 125 Å². The molecule has 0 bridgehead atoms. The van der Waals surface area contributed by atoms with E-state index in [1.54, 1.807) is 0 Å². The second kappa shape index (κ2) is 6.45. The van der Waals surface area contributed by atoms with E-state index in [1.165, 1.54) is 6.42 Å². The summed E-state index contributed by atoms with van der Waals surface area (Å²) in [4.78, 5) is 0. The van der Waals surface area contributed by atoms with Gasteiger partial charge in [0.15, 0.2) is 0 Å². The van der Waals surface area contributed by atoms with Crippen molar-refractivity contribution in [1.82, 2.24) is 5.32 Å². The summed E-state index contributed by atoms with van der Waals surface area (Å²) in [5, 5.41) is 4.87. The molecule has 0 saturated carbocycles. The zero-order valence-electron chi connectivity index (χ0n) is 11.5. The van der Waals surface area contributed by atoms with Crippen LogP contribution in [-0.4, -0.2) is 25.3 Å². The Morgan fingerprint density at radius 3 is 2.79 bits per heavy atom. The SMILES string of the molecule is CNC(Cc1cc(Cl)ccc1Cl)C1(C)CCCCO1. The van der Waals surface area contributed by atoms with E-state index in [0.29, 0.717) is 0 Å². The van der Waals surface area contributed by atoms with Gasteiger partial charge >= 0.3 is 0 Å². The van der Waals surface area contributed by atoms with Gasteiger partial charge in [-0.05, 0) is 63.4 Å². The van der Waals surface area contributed by atoms with Crippen LogP contribution in [0.15, 0.2) is 18.2 Å². The lowest BCUT2D eigenvalue weighted by molar-refractivity contribution is -0.0870. The van der Waals surface area contributed by atoms with Crippen LogP contribution in [0.25, 0.3) is 0 Å². The van der Waals surface area contributed by atoms with Crippen LogP contribution in [0.2, 0.25) is 10.0 Å². The number of benzene rings is 1. The molecule has 2 rings (SSSR count). The largest absolute Gasteiger partial charge is 0.374 e. The fourth-order valence-electron chi connectivity index (χ4n) is 2.77. The minimum Gasteiger partial charge on any atom is -0.374 e. The first-order valence-corrected chi connectivity index (χ1v) is 7.56.